The SMILES string of the molecule is CC(C)(O)c1cc(F)c2c(c1)C(=O)N(Cc1ccc(C#N)cc1)[C@@]2(OCC1(CO)CC1)c1ccc(Cl)cc1. The summed E-state index contributed by atoms with van der Waals surface area (Å²) in [5.41, 5.74) is -1.36. The molecule has 3 aromatic rings. The van der Waals surface area contributed by atoms with Gasteiger partial charge in [-0.2, -0.15) is 5.26 Å². The Balaban J connectivity index is 1.73. The molecule has 2 aliphatic rings. The van der Waals surface area contributed by atoms with Crippen molar-refractivity contribution in [3.05, 3.63) is 105 Å². The number of carbonyl (C=O) groups excluding carboxylic acids is 1. The molecule has 38 heavy (non-hydrogen) atoms. The molecule has 1 heterocycles. The molecule has 6 nitrogen and oxygen atoms in total. The molecule has 1 atom stereocenters. The number of rotatable bonds is 8. The summed E-state index contributed by atoms with van der Waals surface area (Å²) in [5, 5.41) is 30.3. The fourth-order valence-electron chi connectivity index (χ4n) is 4.94. The topological polar surface area (TPSA) is 93.8 Å². The smallest absolute Gasteiger partial charge is 0.257 e. The third kappa shape index (κ3) is 4.48. The molecule has 1 saturated carbocycles. The van der Waals surface area contributed by atoms with E-state index in [4.69, 9.17) is 16.3 Å². The minimum Gasteiger partial charge on any atom is -0.396 e. The van der Waals surface area contributed by atoms with Crippen molar-refractivity contribution in [2.24, 2.45) is 5.41 Å². The molecule has 0 bridgehead atoms. The quantitative estimate of drug-likeness (QED) is 0.413. The lowest BCUT2D eigenvalue weighted by atomic mass is 9.88. The Morgan fingerprint density at radius 2 is 1.79 bits per heavy atom. The third-order valence-corrected chi connectivity index (χ3v) is 7.78. The molecule has 0 saturated heterocycles. The predicted octanol–water partition coefficient (Wildman–Crippen LogP) is 5.22. The van der Waals surface area contributed by atoms with E-state index >= 15 is 4.39 Å². The molecule has 1 amide bonds. The average molecular weight is 535 g/mol. The van der Waals surface area contributed by atoms with Crippen LogP contribution in [0, 0.1) is 22.6 Å². The zero-order valence-electron chi connectivity index (χ0n) is 21.2. The first kappa shape index (κ1) is 26.3. The Bertz CT molecular complexity index is 1420. The van der Waals surface area contributed by atoms with Gasteiger partial charge in [-0.05, 0) is 74.2 Å². The summed E-state index contributed by atoms with van der Waals surface area (Å²) in [4.78, 5) is 15.6. The van der Waals surface area contributed by atoms with Crippen LogP contribution in [0.3, 0.4) is 0 Å². The number of benzene rings is 3. The number of hydrogen-bond acceptors (Lipinski definition) is 5. The van der Waals surface area contributed by atoms with E-state index in [2.05, 4.69) is 6.07 Å². The molecule has 5 rings (SSSR count). The average Bonchev–Trinajstić information content (AvgIpc) is 3.64. The Labute approximate surface area is 225 Å². The van der Waals surface area contributed by atoms with Crippen molar-refractivity contribution in [3.63, 3.8) is 0 Å². The van der Waals surface area contributed by atoms with Gasteiger partial charge >= 0.3 is 0 Å². The maximum Gasteiger partial charge on any atom is 0.257 e. The van der Waals surface area contributed by atoms with E-state index in [0.717, 1.165) is 18.4 Å². The summed E-state index contributed by atoms with van der Waals surface area (Å²) in [6, 6.07) is 18.4. The summed E-state index contributed by atoms with van der Waals surface area (Å²) in [6.45, 7) is 3.15. The Morgan fingerprint density at radius 3 is 2.34 bits per heavy atom. The summed E-state index contributed by atoms with van der Waals surface area (Å²) in [6.07, 6.45) is 1.52. The normalized spacial score (nSPS) is 19.8. The number of aliphatic hydroxyl groups excluding tert-OH is 1. The largest absolute Gasteiger partial charge is 0.396 e. The molecular weight excluding hydrogens is 507 g/mol. The van der Waals surface area contributed by atoms with Crippen LogP contribution in [0.5, 0.6) is 0 Å². The monoisotopic (exact) mass is 534 g/mol. The number of nitrogens with zero attached hydrogens (tertiary/aromatic N) is 2. The highest BCUT2D eigenvalue weighted by molar-refractivity contribution is 6.30. The van der Waals surface area contributed by atoms with Gasteiger partial charge in [-0.25, -0.2) is 4.39 Å². The van der Waals surface area contributed by atoms with Crippen LogP contribution in [0.1, 0.15) is 64.9 Å². The molecule has 0 aromatic heterocycles. The van der Waals surface area contributed by atoms with Gasteiger partial charge in [0.15, 0.2) is 5.72 Å². The molecule has 0 unspecified atom stereocenters. The molecule has 1 fully saturated rings. The number of nitriles is 1. The van der Waals surface area contributed by atoms with Crippen LogP contribution >= 0.6 is 11.6 Å². The molecule has 196 valence electrons. The van der Waals surface area contributed by atoms with Crippen LogP contribution in [0.2, 0.25) is 5.02 Å². The minimum atomic E-state index is -1.65. The van der Waals surface area contributed by atoms with E-state index in [1.165, 1.54) is 30.9 Å². The van der Waals surface area contributed by atoms with Gasteiger partial charge in [0.1, 0.15) is 5.82 Å². The standard InChI is InChI=1S/C30H28ClFN2O4/c1-28(2,37)22-13-24-26(25(32)14-22)30(21-7-9-23(31)10-8-21,38-18-29(17-35)11-12-29)34(27(24)36)16-20-5-3-19(15-33)4-6-20/h3-10,13-14,35,37H,11-12,16-18H2,1-2H3/t30-/m1/s1. The number of amides is 1. The van der Waals surface area contributed by atoms with Gasteiger partial charge in [0.25, 0.3) is 5.91 Å². The van der Waals surface area contributed by atoms with Gasteiger partial charge in [-0.1, -0.05) is 35.9 Å². The fraction of sp³-hybridized carbons (Fsp3) is 0.333. The molecule has 2 N–H and O–H groups in total. The van der Waals surface area contributed by atoms with E-state index in [1.807, 2.05) is 0 Å². The van der Waals surface area contributed by atoms with Gasteiger partial charge < -0.3 is 14.9 Å². The van der Waals surface area contributed by atoms with Gasteiger partial charge in [0, 0.05) is 22.5 Å². The second-order valence-corrected chi connectivity index (χ2v) is 11.2. The first-order chi connectivity index (χ1) is 18.0. The lowest BCUT2D eigenvalue weighted by Crippen LogP contribution is -2.48. The first-order valence-corrected chi connectivity index (χ1v) is 12.8. The van der Waals surface area contributed by atoms with Crippen molar-refractivity contribution in [1.82, 2.24) is 4.90 Å². The Kier molecular flexibility index (Phi) is 6.57. The van der Waals surface area contributed by atoms with E-state index in [9.17, 15) is 20.3 Å². The molecule has 3 aromatic carbocycles. The zero-order valence-corrected chi connectivity index (χ0v) is 21.9. The summed E-state index contributed by atoms with van der Waals surface area (Å²) in [7, 11) is 0. The number of halogens is 2. The Morgan fingerprint density at radius 1 is 1.13 bits per heavy atom. The van der Waals surface area contributed by atoms with Crippen LogP contribution in [0.15, 0.2) is 60.7 Å². The van der Waals surface area contributed by atoms with E-state index in [1.54, 1.807) is 48.5 Å². The maximum atomic E-state index is 16.2. The van der Waals surface area contributed by atoms with Crippen molar-refractivity contribution in [2.75, 3.05) is 13.2 Å². The minimum absolute atomic E-state index is 0.0557. The highest BCUT2D eigenvalue weighted by atomic mass is 35.5. The van der Waals surface area contributed by atoms with Crippen molar-refractivity contribution >= 4 is 17.5 Å². The van der Waals surface area contributed by atoms with Crippen LogP contribution in [-0.4, -0.2) is 34.2 Å². The van der Waals surface area contributed by atoms with Gasteiger partial charge in [-0.15, -0.1) is 0 Å². The van der Waals surface area contributed by atoms with Crippen LogP contribution in [-0.2, 0) is 22.6 Å². The van der Waals surface area contributed by atoms with E-state index in [-0.39, 0.29) is 36.4 Å². The molecule has 1 aliphatic carbocycles. The molecule has 0 spiro atoms. The summed E-state index contributed by atoms with van der Waals surface area (Å²) < 4.78 is 22.8. The van der Waals surface area contributed by atoms with Gasteiger partial charge in [0.2, 0.25) is 0 Å². The van der Waals surface area contributed by atoms with Crippen LogP contribution in [0.4, 0.5) is 4.39 Å². The number of ether oxygens (including phenoxy) is 1. The third-order valence-electron chi connectivity index (χ3n) is 7.53. The Hall–Kier alpha value is -3.28. The lowest BCUT2D eigenvalue weighted by Gasteiger charge is -2.40. The van der Waals surface area contributed by atoms with Crippen molar-refractivity contribution in [3.8, 4) is 6.07 Å². The lowest BCUT2D eigenvalue weighted by molar-refractivity contribution is -0.130. The summed E-state index contributed by atoms with van der Waals surface area (Å²) in [5.74, 6) is -1.14. The number of carbonyl (C=O) groups is 1. The van der Waals surface area contributed by atoms with E-state index in [0.29, 0.717) is 16.1 Å². The highest BCUT2D eigenvalue weighted by Gasteiger charge is 2.56. The second-order valence-electron chi connectivity index (χ2n) is 10.7. The van der Waals surface area contributed by atoms with Crippen molar-refractivity contribution in [1.29, 1.82) is 5.26 Å². The fourth-order valence-corrected chi connectivity index (χ4v) is 5.06. The summed E-state index contributed by atoms with van der Waals surface area (Å²) >= 11 is 6.19. The highest BCUT2D eigenvalue weighted by Crippen LogP contribution is 2.52. The number of hydrogen-bond donors (Lipinski definition) is 2. The maximum absolute atomic E-state index is 16.2. The molecular formula is C30H28ClFN2O4. The van der Waals surface area contributed by atoms with E-state index < -0.39 is 28.5 Å². The van der Waals surface area contributed by atoms with Crippen molar-refractivity contribution in [2.45, 2.75) is 44.6 Å². The predicted molar refractivity (Wildman–Crippen MR) is 140 cm³/mol. The first-order valence-electron chi connectivity index (χ1n) is 12.4. The van der Waals surface area contributed by atoms with Crippen molar-refractivity contribution < 1.29 is 24.1 Å². The molecule has 8 heteroatoms. The molecule has 1 aliphatic heterocycles. The van der Waals surface area contributed by atoms with Gasteiger partial charge in [0.05, 0.1) is 41.6 Å². The van der Waals surface area contributed by atoms with Crippen LogP contribution < -0.4 is 0 Å². The second kappa shape index (κ2) is 9.48. The number of aliphatic hydroxyl groups is 2. The van der Waals surface area contributed by atoms with Crippen LogP contribution in [0.25, 0.3) is 0 Å². The number of fused-ring (bicyclic) bond motifs is 1. The molecule has 0 radical (unpaired) electrons. The van der Waals surface area contributed by atoms with Gasteiger partial charge in [-0.3, -0.25) is 9.69 Å². The zero-order chi connectivity index (χ0) is 27.3.